The Kier molecular flexibility index (Phi) is 4.15. The lowest BCUT2D eigenvalue weighted by molar-refractivity contribution is -0.114. The number of benzene rings is 1. The number of amides is 1. The van der Waals surface area contributed by atoms with Crippen LogP contribution in [-0.2, 0) is 4.79 Å². The summed E-state index contributed by atoms with van der Waals surface area (Å²) in [5.74, 6) is -0.688. The van der Waals surface area contributed by atoms with E-state index < -0.39 is 5.91 Å². The van der Waals surface area contributed by atoms with Crippen LogP contribution in [0.2, 0.25) is 0 Å². The number of primary amides is 1. The first-order valence-corrected chi connectivity index (χ1v) is 5.87. The summed E-state index contributed by atoms with van der Waals surface area (Å²) in [7, 11) is 0. The standard InChI is InChI=1S/C12H12N2OS/c1-8-3-5-9(6-4-8)11(16-2)10(7-13)12(14)15/h3-6H,1-2H3,(H2,14,15). The lowest BCUT2D eigenvalue weighted by atomic mass is 10.1. The first kappa shape index (κ1) is 12.3. The number of hydrogen-bond acceptors (Lipinski definition) is 3. The fraction of sp³-hybridized carbons (Fsp3) is 0.167. The van der Waals surface area contributed by atoms with E-state index in [1.54, 1.807) is 0 Å². The van der Waals surface area contributed by atoms with Gasteiger partial charge in [0.2, 0.25) is 0 Å². The molecule has 0 fully saturated rings. The van der Waals surface area contributed by atoms with Gasteiger partial charge in [-0.05, 0) is 18.7 Å². The van der Waals surface area contributed by atoms with Crippen molar-refractivity contribution in [1.82, 2.24) is 0 Å². The van der Waals surface area contributed by atoms with E-state index in [2.05, 4.69) is 0 Å². The topological polar surface area (TPSA) is 66.9 Å². The van der Waals surface area contributed by atoms with Gasteiger partial charge in [-0.25, -0.2) is 0 Å². The average Bonchev–Trinajstić information content (AvgIpc) is 2.26. The summed E-state index contributed by atoms with van der Waals surface area (Å²) < 4.78 is 0. The highest BCUT2D eigenvalue weighted by Gasteiger charge is 2.13. The minimum atomic E-state index is -0.688. The van der Waals surface area contributed by atoms with Crippen molar-refractivity contribution < 1.29 is 4.79 Å². The third-order valence-corrected chi connectivity index (χ3v) is 2.95. The Labute approximate surface area is 98.9 Å². The zero-order chi connectivity index (χ0) is 12.1. The molecule has 0 aliphatic heterocycles. The Hall–Kier alpha value is -1.73. The number of aryl methyl sites for hydroxylation is 1. The van der Waals surface area contributed by atoms with Crippen LogP contribution in [0.25, 0.3) is 4.91 Å². The third kappa shape index (κ3) is 2.65. The van der Waals surface area contributed by atoms with Gasteiger partial charge in [-0.15, -0.1) is 11.8 Å². The molecule has 16 heavy (non-hydrogen) atoms. The van der Waals surface area contributed by atoms with Crippen molar-refractivity contribution in [3.8, 4) is 6.07 Å². The molecular weight excluding hydrogens is 220 g/mol. The molecule has 0 unspecified atom stereocenters. The van der Waals surface area contributed by atoms with E-state index in [0.29, 0.717) is 4.91 Å². The normalized spacial score (nSPS) is 11.6. The van der Waals surface area contributed by atoms with E-state index in [0.717, 1.165) is 11.1 Å². The molecule has 0 aliphatic rings. The summed E-state index contributed by atoms with van der Waals surface area (Å²) >= 11 is 1.35. The number of thioether (sulfide) groups is 1. The van der Waals surface area contributed by atoms with Crippen molar-refractivity contribution in [2.75, 3.05) is 6.26 Å². The van der Waals surface area contributed by atoms with Crippen LogP contribution in [0.4, 0.5) is 0 Å². The Balaban J connectivity index is 3.32. The SMILES string of the molecule is CSC(=C(C#N)C(N)=O)c1ccc(C)cc1. The average molecular weight is 232 g/mol. The van der Waals surface area contributed by atoms with Crippen LogP contribution in [0.1, 0.15) is 11.1 Å². The maximum Gasteiger partial charge on any atom is 0.260 e. The van der Waals surface area contributed by atoms with Crippen LogP contribution < -0.4 is 5.73 Å². The van der Waals surface area contributed by atoms with E-state index >= 15 is 0 Å². The van der Waals surface area contributed by atoms with Crippen LogP contribution in [0.15, 0.2) is 29.8 Å². The highest BCUT2D eigenvalue weighted by atomic mass is 32.2. The van der Waals surface area contributed by atoms with Gasteiger partial charge in [-0.1, -0.05) is 29.8 Å². The van der Waals surface area contributed by atoms with Gasteiger partial charge >= 0.3 is 0 Å². The molecule has 0 radical (unpaired) electrons. The van der Waals surface area contributed by atoms with E-state index in [1.807, 2.05) is 43.5 Å². The second kappa shape index (κ2) is 5.38. The predicted octanol–water partition coefficient (Wildman–Crippen LogP) is 2.08. The van der Waals surface area contributed by atoms with Crippen molar-refractivity contribution in [2.24, 2.45) is 5.73 Å². The Morgan fingerprint density at radius 3 is 2.31 bits per heavy atom. The Bertz CT molecular complexity index is 469. The molecule has 1 aromatic carbocycles. The van der Waals surface area contributed by atoms with E-state index in [4.69, 9.17) is 11.0 Å². The van der Waals surface area contributed by atoms with E-state index in [-0.39, 0.29) is 5.57 Å². The van der Waals surface area contributed by atoms with Crippen molar-refractivity contribution in [3.05, 3.63) is 41.0 Å². The fourth-order valence-corrected chi connectivity index (χ4v) is 2.01. The highest BCUT2D eigenvalue weighted by Crippen LogP contribution is 2.28. The maximum absolute atomic E-state index is 11.1. The number of rotatable bonds is 3. The molecule has 0 saturated carbocycles. The van der Waals surface area contributed by atoms with Crippen LogP contribution >= 0.6 is 11.8 Å². The molecule has 0 heterocycles. The summed E-state index contributed by atoms with van der Waals surface area (Å²) in [4.78, 5) is 11.7. The molecule has 0 aliphatic carbocycles. The number of nitrogens with zero attached hydrogens (tertiary/aromatic N) is 1. The first-order valence-electron chi connectivity index (χ1n) is 4.65. The minimum absolute atomic E-state index is 0.0105. The van der Waals surface area contributed by atoms with Gasteiger partial charge in [0.05, 0.1) is 0 Å². The zero-order valence-corrected chi connectivity index (χ0v) is 9.97. The summed E-state index contributed by atoms with van der Waals surface area (Å²) in [5, 5.41) is 8.89. The van der Waals surface area contributed by atoms with Crippen molar-refractivity contribution in [1.29, 1.82) is 5.26 Å². The second-order valence-corrected chi connectivity index (χ2v) is 4.07. The van der Waals surface area contributed by atoms with Gasteiger partial charge in [0.15, 0.2) is 0 Å². The van der Waals surface area contributed by atoms with Crippen molar-refractivity contribution >= 4 is 22.6 Å². The van der Waals surface area contributed by atoms with Crippen LogP contribution in [0.5, 0.6) is 0 Å². The molecule has 4 heteroatoms. The molecule has 0 spiro atoms. The van der Waals surface area contributed by atoms with Gasteiger partial charge in [-0.3, -0.25) is 4.79 Å². The molecule has 0 aromatic heterocycles. The van der Waals surface area contributed by atoms with Gasteiger partial charge in [-0.2, -0.15) is 5.26 Å². The molecule has 0 atom stereocenters. The van der Waals surface area contributed by atoms with E-state index in [9.17, 15) is 4.79 Å². The number of carbonyl (C=O) groups is 1. The summed E-state index contributed by atoms with van der Waals surface area (Å²) in [6.07, 6.45) is 1.81. The molecule has 0 saturated heterocycles. The van der Waals surface area contributed by atoms with Crippen molar-refractivity contribution in [3.63, 3.8) is 0 Å². The zero-order valence-electron chi connectivity index (χ0n) is 9.15. The van der Waals surface area contributed by atoms with Gasteiger partial charge in [0.25, 0.3) is 5.91 Å². The largest absolute Gasteiger partial charge is 0.365 e. The van der Waals surface area contributed by atoms with Crippen LogP contribution in [0, 0.1) is 18.3 Å². The predicted molar refractivity (Wildman–Crippen MR) is 66.4 cm³/mol. The summed E-state index contributed by atoms with van der Waals surface area (Å²) in [6, 6.07) is 9.47. The Morgan fingerprint density at radius 1 is 1.38 bits per heavy atom. The van der Waals surface area contributed by atoms with Gasteiger partial charge in [0.1, 0.15) is 11.6 Å². The number of carbonyl (C=O) groups excluding carboxylic acids is 1. The summed E-state index contributed by atoms with van der Waals surface area (Å²) in [5.41, 5.74) is 7.14. The van der Waals surface area contributed by atoms with Crippen LogP contribution in [-0.4, -0.2) is 12.2 Å². The molecular formula is C12H12N2OS. The minimum Gasteiger partial charge on any atom is -0.365 e. The molecule has 3 nitrogen and oxygen atoms in total. The molecule has 82 valence electrons. The third-order valence-electron chi connectivity index (χ3n) is 2.10. The quantitative estimate of drug-likeness (QED) is 0.641. The monoisotopic (exact) mass is 232 g/mol. The van der Waals surface area contributed by atoms with Gasteiger partial charge in [0, 0.05) is 4.91 Å². The van der Waals surface area contributed by atoms with Gasteiger partial charge < -0.3 is 5.73 Å². The fourth-order valence-electron chi connectivity index (χ4n) is 1.29. The number of hydrogen-bond donors (Lipinski definition) is 1. The number of nitriles is 1. The summed E-state index contributed by atoms with van der Waals surface area (Å²) in [6.45, 7) is 1.98. The molecule has 0 bridgehead atoms. The molecule has 1 rings (SSSR count). The number of nitrogens with two attached hydrogens (primary N) is 1. The second-order valence-electron chi connectivity index (χ2n) is 3.25. The smallest absolute Gasteiger partial charge is 0.260 e. The van der Waals surface area contributed by atoms with Crippen LogP contribution in [0.3, 0.4) is 0 Å². The lowest BCUT2D eigenvalue weighted by Crippen LogP contribution is -2.14. The van der Waals surface area contributed by atoms with Crippen molar-refractivity contribution in [2.45, 2.75) is 6.92 Å². The molecule has 2 N–H and O–H groups in total. The highest BCUT2D eigenvalue weighted by molar-refractivity contribution is 8.07. The molecule has 1 amide bonds. The Morgan fingerprint density at radius 2 is 1.94 bits per heavy atom. The maximum atomic E-state index is 11.1. The van der Waals surface area contributed by atoms with E-state index in [1.165, 1.54) is 11.8 Å². The first-order chi connectivity index (χ1) is 7.60. The molecule has 1 aromatic rings. The lowest BCUT2D eigenvalue weighted by Gasteiger charge is -2.06.